The molecule has 3 heterocycles. The molecule has 3 aromatic rings. The number of rotatable bonds is 5. The van der Waals surface area contributed by atoms with Crippen molar-refractivity contribution >= 4 is 22.6 Å². The van der Waals surface area contributed by atoms with Gasteiger partial charge in [0.15, 0.2) is 5.82 Å². The van der Waals surface area contributed by atoms with Crippen molar-refractivity contribution < 1.29 is 4.74 Å². The summed E-state index contributed by atoms with van der Waals surface area (Å²) in [6.45, 7) is 6.44. The lowest BCUT2D eigenvalue weighted by Gasteiger charge is -2.22. The highest BCUT2D eigenvalue weighted by atomic mass is 32.2. The van der Waals surface area contributed by atoms with Gasteiger partial charge in [0, 0.05) is 12.2 Å². The molecule has 1 aliphatic rings. The number of hydrogen-bond donors (Lipinski definition) is 1. The molecule has 0 amide bonds. The van der Waals surface area contributed by atoms with Crippen LogP contribution in [0.3, 0.4) is 0 Å². The third-order valence-electron chi connectivity index (χ3n) is 4.54. The molecule has 6 nitrogen and oxygen atoms in total. The summed E-state index contributed by atoms with van der Waals surface area (Å²) in [5.74, 6) is 1.48. The molecule has 1 aliphatic heterocycles. The normalized spacial score (nSPS) is 16.0. The Morgan fingerprint density at radius 3 is 2.86 bits per heavy atom. The van der Waals surface area contributed by atoms with Gasteiger partial charge in [0.25, 0.3) is 5.56 Å². The number of aliphatic imine (C=N–C) groups is 1. The van der Waals surface area contributed by atoms with Crippen LogP contribution in [0.15, 0.2) is 58.4 Å². The highest BCUT2D eigenvalue weighted by Crippen LogP contribution is 2.44. The maximum atomic E-state index is 12.7. The maximum Gasteiger partial charge on any atom is 0.271 e. The molecule has 0 aliphatic carbocycles. The molecule has 0 saturated heterocycles. The largest absolute Gasteiger partial charge is 0.487 e. The average Bonchev–Trinajstić information content (AvgIpc) is 3.03. The van der Waals surface area contributed by atoms with Crippen molar-refractivity contribution in [2.45, 2.75) is 38.7 Å². The molecule has 0 unspecified atom stereocenters. The van der Waals surface area contributed by atoms with Crippen LogP contribution in [0.1, 0.15) is 48.9 Å². The molecule has 1 aromatic carbocycles. The Bertz CT molecular complexity index is 1070. The lowest BCUT2D eigenvalue weighted by Crippen LogP contribution is -2.13. The number of fused-ring (bicyclic) bond motifs is 1. The van der Waals surface area contributed by atoms with E-state index in [-0.39, 0.29) is 16.9 Å². The maximum absolute atomic E-state index is 12.7. The van der Waals surface area contributed by atoms with E-state index in [1.807, 2.05) is 67.9 Å². The molecule has 1 N–H and O–H groups in total. The van der Waals surface area contributed by atoms with E-state index in [2.05, 4.69) is 15.1 Å². The standard InChI is InChI=1S/C21H22N4O2S/c1-13(2)25-20-18(21(26)24-25)19(28-14(3)23-20)15-7-6-9-17(11-15)27-12-16-8-4-5-10-22-16/h4-11,13,19H,12H2,1-3H3,(H,24,26)/t19-/m0/s1. The average molecular weight is 395 g/mol. The summed E-state index contributed by atoms with van der Waals surface area (Å²) in [5.41, 5.74) is 2.50. The highest BCUT2D eigenvalue weighted by Gasteiger charge is 2.30. The Kier molecular flexibility index (Phi) is 5.09. The fourth-order valence-electron chi connectivity index (χ4n) is 3.23. The van der Waals surface area contributed by atoms with Crippen LogP contribution < -0.4 is 10.3 Å². The topological polar surface area (TPSA) is 72.3 Å². The lowest BCUT2D eigenvalue weighted by atomic mass is 10.1. The van der Waals surface area contributed by atoms with Gasteiger partial charge in [0.05, 0.1) is 21.6 Å². The van der Waals surface area contributed by atoms with Gasteiger partial charge in [-0.05, 0) is 50.6 Å². The van der Waals surface area contributed by atoms with Crippen LogP contribution in [-0.2, 0) is 6.61 Å². The summed E-state index contributed by atoms with van der Waals surface area (Å²) >= 11 is 1.59. The number of aromatic amines is 1. The van der Waals surface area contributed by atoms with E-state index in [4.69, 9.17) is 4.74 Å². The minimum atomic E-state index is -0.116. The summed E-state index contributed by atoms with van der Waals surface area (Å²) in [4.78, 5) is 21.6. The summed E-state index contributed by atoms with van der Waals surface area (Å²) in [6, 6.07) is 13.8. The van der Waals surface area contributed by atoms with E-state index in [9.17, 15) is 4.79 Å². The minimum Gasteiger partial charge on any atom is -0.487 e. The fourth-order valence-corrected chi connectivity index (χ4v) is 4.32. The fraction of sp³-hybridized carbons (Fsp3) is 0.286. The molecule has 7 heteroatoms. The molecule has 0 saturated carbocycles. The molecule has 0 fully saturated rings. The number of nitrogens with zero attached hydrogens (tertiary/aromatic N) is 3. The van der Waals surface area contributed by atoms with Gasteiger partial charge < -0.3 is 4.74 Å². The number of pyridine rings is 1. The number of aromatic nitrogens is 3. The van der Waals surface area contributed by atoms with Crippen LogP contribution in [0.25, 0.3) is 0 Å². The van der Waals surface area contributed by atoms with Gasteiger partial charge in [0.1, 0.15) is 12.4 Å². The predicted molar refractivity (Wildman–Crippen MR) is 113 cm³/mol. The third-order valence-corrected chi connectivity index (χ3v) is 5.72. The summed E-state index contributed by atoms with van der Waals surface area (Å²) in [5, 5.41) is 3.76. The Balaban J connectivity index is 1.65. The van der Waals surface area contributed by atoms with Gasteiger partial charge in [-0.3, -0.25) is 19.6 Å². The first-order valence-electron chi connectivity index (χ1n) is 9.22. The smallest absolute Gasteiger partial charge is 0.271 e. The van der Waals surface area contributed by atoms with Crippen LogP contribution >= 0.6 is 11.8 Å². The van der Waals surface area contributed by atoms with E-state index in [0.29, 0.717) is 12.2 Å². The minimum absolute atomic E-state index is 0.0859. The quantitative estimate of drug-likeness (QED) is 0.685. The molecular weight excluding hydrogens is 372 g/mol. The first kappa shape index (κ1) is 18.6. The Morgan fingerprint density at radius 1 is 1.25 bits per heavy atom. The molecule has 28 heavy (non-hydrogen) atoms. The number of nitrogens with one attached hydrogen (secondary N) is 1. The van der Waals surface area contributed by atoms with Gasteiger partial charge in [0.2, 0.25) is 0 Å². The third kappa shape index (κ3) is 3.62. The van der Waals surface area contributed by atoms with E-state index < -0.39 is 0 Å². The van der Waals surface area contributed by atoms with E-state index >= 15 is 0 Å². The summed E-state index contributed by atoms with van der Waals surface area (Å²) in [7, 11) is 0. The van der Waals surface area contributed by atoms with Crippen LogP contribution in [0.2, 0.25) is 0 Å². The molecule has 0 radical (unpaired) electrons. The van der Waals surface area contributed by atoms with Gasteiger partial charge in [-0.2, -0.15) is 0 Å². The number of H-pyrrole nitrogens is 1. The van der Waals surface area contributed by atoms with Crippen LogP contribution in [0.4, 0.5) is 5.82 Å². The predicted octanol–water partition coefficient (Wildman–Crippen LogP) is 4.62. The van der Waals surface area contributed by atoms with Gasteiger partial charge in [-0.1, -0.05) is 30.0 Å². The van der Waals surface area contributed by atoms with Gasteiger partial charge in [-0.25, -0.2) is 4.99 Å². The first-order chi connectivity index (χ1) is 13.5. The zero-order chi connectivity index (χ0) is 19.7. The first-order valence-corrected chi connectivity index (χ1v) is 10.1. The van der Waals surface area contributed by atoms with Crippen LogP contribution in [0.5, 0.6) is 5.75 Å². The van der Waals surface area contributed by atoms with Crippen molar-refractivity contribution in [3.8, 4) is 5.75 Å². The Labute approximate surface area is 167 Å². The molecule has 0 bridgehead atoms. The highest BCUT2D eigenvalue weighted by molar-refractivity contribution is 8.14. The van der Waals surface area contributed by atoms with Crippen molar-refractivity contribution in [3.63, 3.8) is 0 Å². The Morgan fingerprint density at radius 2 is 2.11 bits per heavy atom. The van der Waals surface area contributed by atoms with Gasteiger partial charge in [-0.15, -0.1) is 0 Å². The monoisotopic (exact) mass is 394 g/mol. The molecule has 2 aromatic heterocycles. The van der Waals surface area contributed by atoms with Crippen molar-refractivity contribution in [2.24, 2.45) is 4.99 Å². The number of hydrogen-bond acceptors (Lipinski definition) is 5. The second-order valence-electron chi connectivity index (χ2n) is 6.95. The number of benzene rings is 1. The Hall–Kier alpha value is -2.80. The van der Waals surface area contributed by atoms with E-state index in [1.165, 1.54) is 0 Å². The van der Waals surface area contributed by atoms with Crippen LogP contribution in [-0.4, -0.2) is 19.8 Å². The van der Waals surface area contributed by atoms with Crippen molar-refractivity contribution in [2.75, 3.05) is 0 Å². The zero-order valence-electron chi connectivity index (χ0n) is 16.0. The second kappa shape index (κ2) is 7.67. The SMILES string of the molecule is CC1=Nc2c(c(=O)[nH]n2C(C)C)[C@H](c2cccc(OCc3ccccn3)c2)S1. The molecule has 144 valence electrons. The van der Waals surface area contributed by atoms with E-state index in [1.54, 1.807) is 18.0 Å². The van der Waals surface area contributed by atoms with Crippen molar-refractivity contribution in [3.05, 3.63) is 75.8 Å². The zero-order valence-corrected chi connectivity index (χ0v) is 16.9. The summed E-state index contributed by atoms with van der Waals surface area (Å²) < 4.78 is 7.76. The molecular formula is C21H22N4O2S. The molecule has 4 rings (SSSR count). The lowest BCUT2D eigenvalue weighted by molar-refractivity contribution is 0.301. The number of thioether (sulfide) groups is 1. The summed E-state index contributed by atoms with van der Waals surface area (Å²) in [6.07, 6.45) is 1.75. The number of ether oxygens (including phenoxy) is 1. The van der Waals surface area contributed by atoms with Crippen molar-refractivity contribution in [1.29, 1.82) is 0 Å². The van der Waals surface area contributed by atoms with Gasteiger partial charge >= 0.3 is 0 Å². The second-order valence-corrected chi connectivity index (χ2v) is 8.25. The van der Waals surface area contributed by atoms with Crippen LogP contribution in [0, 0.1) is 0 Å². The van der Waals surface area contributed by atoms with Crippen molar-refractivity contribution in [1.82, 2.24) is 14.8 Å². The van der Waals surface area contributed by atoms with E-state index in [0.717, 1.165) is 27.9 Å². The molecule has 0 spiro atoms. The molecule has 1 atom stereocenters.